The van der Waals surface area contributed by atoms with Crippen molar-refractivity contribution < 1.29 is 31.9 Å². The predicted molar refractivity (Wildman–Crippen MR) is 113 cm³/mol. The SMILES string of the molecule is CC1=NN(c2ccc(OC(F)F)cc2)C(=O)C1C(=O)Nc1cccc(C(F)(F)C2CCC2)c1. The molecule has 1 saturated carbocycles. The second-order valence-corrected chi connectivity index (χ2v) is 8.02. The zero-order chi connectivity index (χ0) is 23.8. The monoisotopic (exact) mass is 463 g/mol. The molecule has 0 saturated heterocycles. The molecule has 2 aromatic rings. The molecular weight excluding hydrogens is 442 g/mol. The van der Waals surface area contributed by atoms with Crippen molar-refractivity contribution in [3.8, 4) is 5.75 Å². The Morgan fingerprint density at radius 2 is 1.88 bits per heavy atom. The summed E-state index contributed by atoms with van der Waals surface area (Å²) in [5, 5.41) is 7.63. The van der Waals surface area contributed by atoms with Crippen molar-refractivity contribution >= 4 is 28.9 Å². The average molecular weight is 463 g/mol. The van der Waals surface area contributed by atoms with Gasteiger partial charge in [0, 0.05) is 17.2 Å². The number of carbonyl (C=O) groups excluding carboxylic acids is 2. The smallest absolute Gasteiger partial charge is 0.387 e. The third kappa shape index (κ3) is 4.55. The number of hydrazone groups is 1. The normalized spacial score (nSPS) is 18.8. The molecule has 1 atom stereocenters. The second-order valence-electron chi connectivity index (χ2n) is 8.02. The largest absolute Gasteiger partial charge is 0.435 e. The maximum absolute atomic E-state index is 14.6. The average Bonchev–Trinajstić information content (AvgIpc) is 3.01. The minimum Gasteiger partial charge on any atom is -0.435 e. The van der Waals surface area contributed by atoms with Crippen molar-refractivity contribution in [3.05, 3.63) is 54.1 Å². The molecule has 33 heavy (non-hydrogen) atoms. The van der Waals surface area contributed by atoms with Crippen LogP contribution in [0, 0.1) is 11.8 Å². The molecule has 1 aliphatic heterocycles. The number of hydrogen-bond acceptors (Lipinski definition) is 4. The van der Waals surface area contributed by atoms with E-state index in [1.54, 1.807) is 0 Å². The molecule has 1 heterocycles. The lowest BCUT2D eigenvalue weighted by atomic mass is 9.78. The van der Waals surface area contributed by atoms with E-state index in [4.69, 9.17) is 0 Å². The first-order chi connectivity index (χ1) is 15.7. The Morgan fingerprint density at radius 3 is 2.48 bits per heavy atom. The molecule has 2 aliphatic rings. The van der Waals surface area contributed by atoms with Crippen molar-refractivity contribution in [3.63, 3.8) is 0 Å². The van der Waals surface area contributed by atoms with E-state index < -0.39 is 36.2 Å². The Hall–Kier alpha value is -3.43. The third-order valence-electron chi connectivity index (χ3n) is 5.83. The topological polar surface area (TPSA) is 71.0 Å². The van der Waals surface area contributed by atoms with Gasteiger partial charge in [0.15, 0.2) is 5.92 Å². The second kappa shape index (κ2) is 8.84. The van der Waals surface area contributed by atoms with E-state index in [0.717, 1.165) is 11.4 Å². The highest BCUT2D eigenvalue weighted by Crippen LogP contribution is 2.46. The number of carbonyl (C=O) groups is 2. The number of rotatable bonds is 7. The van der Waals surface area contributed by atoms with Crippen LogP contribution in [0.5, 0.6) is 5.75 Å². The predicted octanol–water partition coefficient (Wildman–Crippen LogP) is 5.16. The van der Waals surface area contributed by atoms with Crippen molar-refractivity contribution in [2.45, 2.75) is 38.7 Å². The fraction of sp³-hybridized carbons (Fsp3) is 0.348. The van der Waals surface area contributed by atoms with Crippen LogP contribution < -0.4 is 15.1 Å². The van der Waals surface area contributed by atoms with E-state index in [1.165, 1.54) is 55.5 Å². The minimum absolute atomic E-state index is 0.0889. The van der Waals surface area contributed by atoms with E-state index >= 15 is 0 Å². The van der Waals surface area contributed by atoms with Gasteiger partial charge in [0.25, 0.3) is 11.8 Å². The van der Waals surface area contributed by atoms with Gasteiger partial charge in [-0.3, -0.25) is 9.59 Å². The van der Waals surface area contributed by atoms with Gasteiger partial charge in [-0.05, 0) is 56.2 Å². The van der Waals surface area contributed by atoms with Crippen molar-refractivity contribution in [2.24, 2.45) is 16.9 Å². The van der Waals surface area contributed by atoms with Crippen LogP contribution >= 0.6 is 0 Å². The molecule has 4 rings (SSSR count). The quantitative estimate of drug-likeness (QED) is 0.456. The molecule has 10 heteroatoms. The number of ether oxygens (including phenoxy) is 1. The maximum atomic E-state index is 14.6. The molecule has 0 radical (unpaired) electrons. The zero-order valence-corrected chi connectivity index (χ0v) is 17.6. The van der Waals surface area contributed by atoms with Crippen LogP contribution in [0.2, 0.25) is 0 Å². The van der Waals surface area contributed by atoms with E-state index in [2.05, 4.69) is 15.2 Å². The molecule has 0 aromatic heterocycles. The minimum atomic E-state index is -2.99. The number of nitrogens with zero attached hydrogens (tertiary/aromatic N) is 2. The fourth-order valence-corrected chi connectivity index (χ4v) is 3.85. The number of amides is 2. The molecule has 174 valence electrons. The highest BCUT2D eigenvalue weighted by atomic mass is 19.3. The summed E-state index contributed by atoms with van der Waals surface area (Å²) >= 11 is 0. The van der Waals surface area contributed by atoms with Crippen LogP contribution in [0.15, 0.2) is 53.6 Å². The van der Waals surface area contributed by atoms with Gasteiger partial charge in [-0.25, -0.2) is 8.78 Å². The van der Waals surface area contributed by atoms with Gasteiger partial charge in [-0.2, -0.15) is 18.9 Å². The molecule has 1 aliphatic carbocycles. The number of alkyl halides is 4. The number of benzene rings is 2. The first-order valence-corrected chi connectivity index (χ1v) is 10.4. The number of hydrogen-bond donors (Lipinski definition) is 1. The summed E-state index contributed by atoms with van der Waals surface area (Å²) in [7, 11) is 0. The highest BCUT2D eigenvalue weighted by molar-refractivity contribution is 6.28. The number of halogens is 4. The standard InChI is InChI=1S/C23H21F4N3O3/c1-13-19(21(32)30(29-13)17-8-10-18(11-9-17)33-22(24)25)20(31)28-16-7-3-6-15(12-16)23(26,27)14-4-2-5-14/h3,6-12,14,19,22H,2,4-5H2,1H3,(H,28,31). The Balaban J connectivity index is 1.47. The van der Waals surface area contributed by atoms with Crippen molar-refractivity contribution in [1.29, 1.82) is 0 Å². The highest BCUT2D eigenvalue weighted by Gasteiger charge is 2.44. The summed E-state index contributed by atoms with van der Waals surface area (Å²) < 4.78 is 58.2. The first kappa shape index (κ1) is 22.8. The molecular formula is C23H21F4N3O3. The van der Waals surface area contributed by atoms with Gasteiger partial charge in [0.1, 0.15) is 5.75 Å². The summed E-state index contributed by atoms with van der Waals surface area (Å²) in [4.78, 5) is 25.7. The number of anilines is 2. The van der Waals surface area contributed by atoms with Gasteiger partial charge in [0.2, 0.25) is 5.91 Å². The van der Waals surface area contributed by atoms with Gasteiger partial charge < -0.3 is 10.1 Å². The van der Waals surface area contributed by atoms with Crippen LogP contribution in [0.4, 0.5) is 28.9 Å². The van der Waals surface area contributed by atoms with Crippen LogP contribution in [0.3, 0.4) is 0 Å². The lowest BCUT2D eigenvalue weighted by Crippen LogP contribution is -2.36. The molecule has 6 nitrogen and oxygen atoms in total. The lowest BCUT2D eigenvalue weighted by molar-refractivity contribution is -0.127. The molecule has 2 aromatic carbocycles. The van der Waals surface area contributed by atoms with E-state index in [-0.39, 0.29) is 28.4 Å². The number of nitrogens with one attached hydrogen (secondary N) is 1. The Labute approximate surface area is 187 Å². The summed E-state index contributed by atoms with van der Waals surface area (Å²) in [6, 6.07) is 10.7. The lowest BCUT2D eigenvalue weighted by Gasteiger charge is -2.33. The molecule has 1 N–H and O–H groups in total. The summed E-state index contributed by atoms with van der Waals surface area (Å²) in [5.41, 5.74) is 0.449. The summed E-state index contributed by atoms with van der Waals surface area (Å²) in [6.45, 7) is -1.48. The first-order valence-electron chi connectivity index (χ1n) is 10.4. The fourth-order valence-electron chi connectivity index (χ4n) is 3.85. The van der Waals surface area contributed by atoms with E-state index in [9.17, 15) is 27.2 Å². The molecule has 1 fully saturated rings. The van der Waals surface area contributed by atoms with Crippen LogP contribution in [-0.2, 0) is 15.5 Å². The Bertz CT molecular complexity index is 1080. The molecule has 0 spiro atoms. The summed E-state index contributed by atoms with van der Waals surface area (Å²) in [5.74, 6) is -6.39. The Morgan fingerprint density at radius 1 is 1.18 bits per heavy atom. The van der Waals surface area contributed by atoms with Crippen molar-refractivity contribution in [2.75, 3.05) is 10.3 Å². The van der Waals surface area contributed by atoms with Gasteiger partial charge >= 0.3 is 6.61 Å². The van der Waals surface area contributed by atoms with Crippen molar-refractivity contribution in [1.82, 2.24) is 0 Å². The maximum Gasteiger partial charge on any atom is 0.387 e. The summed E-state index contributed by atoms with van der Waals surface area (Å²) in [6.07, 6.45) is 1.69. The molecule has 1 unspecified atom stereocenters. The van der Waals surface area contributed by atoms with Crippen LogP contribution in [-0.4, -0.2) is 24.1 Å². The van der Waals surface area contributed by atoms with Gasteiger partial charge in [-0.1, -0.05) is 18.6 Å². The van der Waals surface area contributed by atoms with Crippen LogP contribution in [0.25, 0.3) is 0 Å². The van der Waals surface area contributed by atoms with Crippen LogP contribution in [0.1, 0.15) is 31.7 Å². The van der Waals surface area contributed by atoms with Gasteiger partial charge in [0.05, 0.1) is 11.4 Å². The van der Waals surface area contributed by atoms with Gasteiger partial charge in [-0.15, -0.1) is 0 Å². The molecule has 0 bridgehead atoms. The van der Waals surface area contributed by atoms with E-state index in [0.29, 0.717) is 12.8 Å². The zero-order valence-electron chi connectivity index (χ0n) is 17.6. The Kier molecular flexibility index (Phi) is 6.09. The van der Waals surface area contributed by atoms with E-state index in [1.807, 2.05) is 0 Å². The third-order valence-corrected chi connectivity index (χ3v) is 5.83. The molecule has 2 amide bonds.